The summed E-state index contributed by atoms with van der Waals surface area (Å²) in [6.07, 6.45) is 3.05. The fraction of sp³-hybridized carbons (Fsp3) is 0.154. The quantitative estimate of drug-likeness (QED) is 0.785. The number of imidazole rings is 1. The van der Waals surface area contributed by atoms with Gasteiger partial charge in [0.25, 0.3) is 0 Å². The molecule has 0 atom stereocenters. The summed E-state index contributed by atoms with van der Waals surface area (Å²) in [7, 11) is 0. The second-order valence-corrected chi connectivity index (χ2v) is 3.90. The van der Waals surface area contributed by atoms with Crippen LogP contribution >= 0.6 is 0 Å². The summed E-state index contributed by atoms with van der Waals surface area (Å²) in [6.45, 7) is 3.96. The molecule has 0 unspecified atom stereocenters. The van der Waals surface area contributed by atoms with Crippen molar-refractivity contribution in [3.05, 3.63) is 35.3 Å². The molecule has 0 bridgehead atoms. The van der Waals surface area contributed by atoms with Gasteiger partial charge >= 0.3 is 0 Å². The van der Waals surface area contributed by atoms with Crippen molar-refractivity contribution in [2.45, 2.75) is 13.8 Å². The maximum absolute atomic E-state index is 8.67. The molecular weight excluding hydrogens is 226 g/mol. The van der Waals surface area contributed by atoms with Crippen molar-refractivity contribution in [3.8, 4) is 12.1 Å². The normalized spacial score (nSPS) is 9.56. The predicted molar refractivity (Wildman–Crippen MR) is 68.5 cm³/mol. The maximum Gasteiger partial charge on any atom is 0.145 e. The first-order chi connectivity index (χ1) is 8.67. The molecule has 1 aromatic heterocycles. The van der Waals surface area contributed by atoms with E-state index in [9.17, 15) is 0 Å². The van der Waals surface area contributed by atoms with E-state index in [0.29, 0.717) is 0 Å². The number of hydrogen-bond acceptors (Lipinski definition) is 4. The van der Waals surface area contributed by atoms with Gasteiger partial charge in [0.15, 0.2) is 0 Å². The topological polar surface area (TPSA) is 88.3 Å². The van der Waals surface area contributed by atoms with E-state index >= 15 is 0 Å². The largest absolute Gasteiger partial charge is 0.360 e. The van der Waals surface area contributed by atoms with Crippen LogP contribution in [-0.2, 0) is 0 Å². The van der Waals surface area contributed by atoms with Crippen LogP contribution in [0, 0.1) is 36.5 Å². The molecule has 0 aliphatic carbocycles. The molecule has 2 aromatic rings. The molecule has 0 aliphatic rings. The van der Waals surface area contributed by atoms with Gasteiger partial charge < -0.3 is 10.3 Å². The third-order valence-electron chi connectivity index (χ3n) is 2.89. The minimum Gasteiger partial charge on any atom is -0.360 e. The number of rotatable bonds is 2. The van der Waals surface area contributed by atoms with Gasteiger partial charge in [-0.1, -0.05) is 0 Å². The summed E-state index contributed by atoms with van der Waals surface area (Å²) in [5.41, 5.74) is 4.86. The highest BCUT2D eigenvalue weighted by Gasteiger charge is 2.07. The molecular formula is C13H11N5. The van der Waals surface area contributed by atoms with Crippen LogP contribution in [0.5, 0.6) is 0 Å². The van der Waals surface area contributed by atoms with Gasteiger partial charge in [-0.15, -0.1) is 0 Å². The summed E-state index contributed by atoms with van der Waals surface area (Å²) >= 11 is 0. The lowest BCUT2D eigenvalue weighted by Crippen LogP contribution is -1.95. The smallest absolute Gasteiger partial charge is 0.145 e. The van der Waals surface area contributed by atoms with Crippen molar-refractivity contribution in [2.24, 2.45) is 0 Å². The fourth-order valence-corrected chi connectivity index (χ4v) is 1.73. The minimum absolute atomic E-state index is 0.0387. The number of aromatic nitrogens is 2. The van der Waals surface area contributed by atoms with Crippen molar-refractivity contribution in [3.63, 3.8) is 0 Å². The lowest BCUT2D eigenvalue weighted by Gasteiger charge is -2.09. The van der Waals surface area contributed by atoms with Crippen molar-refractivity contribution < 1.29 is 0 Å². The van der Waals surface area contributed by atoms with E-state index in [1.807, 2.05) is 19.9 Å². The minimum atomic E-state index is 0.0387. The Bertz CT molecular complexity index is 693. The monoisotopic (exact) mass is 237 g/mol. The zero-order valence-corrected chi connectivity index (χ0v) is 10.1. The number of anilines is 1. The molecule has 5 nitrogen and oxygen atoms in total. The Morgan fingerprint density at radius 1 is 1.33 bits per heavy atom. The Morgan fingerprint density at radius 2 is 2.06 bits per heavy atom. The standard InChI is InChI=1S/C13H11N5/c1-8-9(2)13-12(17-7-18-13)3-11(8)16-6-10(4-14)5-15/h3,6-7,16H,1-2H3,(H,17,18). The van der Waals surface area contributed by atoms with Crippen LogP contribution in [0.3, 0.4) is 0 Å². The number of aryl methyl sites for hydroxylation is 1. The van der Waals surface area contributed by atoms with Gasteiger partial charge in [0.1, 0.15) is 17.7 Å². The molecule has 0 saturated carbocycles. The highest BCUT2D eigenvalue weighted by Crippen LogP contribution is 2.26. The Kier molecular flexibility index (Phi) is 2.99. The number of nitrogens with zero attached hydrogens (tertiary/aromatic N) is 3. The highest BCUT2D eigenvalue weighted by molar-refractivity contribution is 5.85. The molecule has 1 heterocycles. The number of H-pyrrole nitrogens is 1. The number of hydrogen-bond donors (Lipinski definition) is 2. The molecule has 2 rings (SSSR count). The number of nitriles is 2. The van der Waals surface area contributed by atoms with Crippen molar-refractivity contribution in [1.29, 1.82) is 10.5 Å². The van der Waals surface area contributed by atoms with E-state index < -0.39 is 0 Å². The van der Waals surface area contributed by atoms with Crippen LogP contribution in [0.15, 0.2) is 24.2 Å². The summed E-state index contributed by atoms with van der Waals surface area (Å²) < 4.78 is 0. The summed E-state index contributed by atoms with van der Waals surface area (Å²) in [5, 5.41) is 20.3. The molecule has 0 saturated heterocycles. The summed E-state index contributed by atoms with van der Waals surface area (Å²) in [4.78, 5) is 7.29. The number of nitrogens with one attached hydrogen (secondary N) is 2. The first-order valence-corrected chi connectivity index (χ1v) is 5.37. The van der Waals surface area contributed by atoms with Crippen LogP contribution in [0.25, 0.3) is 11.0 Å². The number of benzene rings is 1. The third-order valence-corrected chi connectivity index (χ3v) is 2.89. The third kappa shape index (κ3) is 1.90. The summed E-state index contributed by atoms with van der Waals surface area (Å²) in [5.74, 6) is 0. The number of aromatic amines is 1. The number of fused-ring (bicyclic) bond motifs is 1. The first kappa shape index (κ1) is 11.7. The molecule has 1 aromatic carbocycles. The van der Waals surface area contributed by atoms with Gasteiger partial charge in [-0.3, -0.25) is 0 Å². The van der Waals surface area contributed by atoms with Crippen molar-refractivity contribution in [2.75, 3.05) is 5.32 Å². The van der Waals surface area contributed by atoms with Gasteiger partial charge in [0.05, 0.1) is 17.4 Å². The highest BCUT2D eigenvalue weighted by atomic mass is 14.9. The molecule has 5 heteroatoms. The van der Waals surface area contributed by atoms with Crippen LogP contribution in [-0.4, -0.2) is 9.97 Å². The van der Waals surface area contributed by atoms with Crippen molar-refractivity contribution in [1.82, 2.24) is 9.97 Å². The van der Waals surface area contributed by atoms with Gasteiger partial charge in [-0.2, -0.15) is 10.5 Å². The molecule has 0 amide bonds. The average Bonchev–Trinajstić information content (AvgIpc) is 2.84. The van der Waals surface area contributed by atoms with E-state index in [-0.39, 0.29) is 5.57 Å². The van der Waals surface area contributed by atoms with Gasteiger partial charge in [-0.25, -0.2) is 4.98 Å². The maximum atomic E-state index is 8.67. The molecule has 0 radical (unpaired) electrons. The van der Waals surface area contributed by atoms with Gasteiger partial charge in [-0.05, 0) is 31.0 Å². The van der Waals surface area contributed by atoms with E-state index in [0.717, 1.165) is 27.8 Å². The molecule has 0 spiro atoms. The Morgan fingerprint density at radius 3 is 2.72 bits per heavy atom. The van der Waals surface area contributed by atoms with E-state index in [2.05, 4.69) is 15.3 Å². The van der Waals surface area contributed by atoms with Gasteiger partial charge in [0, 0.05) is 11.9 Å². The molecule has 0 fully saturated rings. The second kappa shape index (κ2) is 4.60. The fourth-order valence-electron chi connectivity index (χ4n) is 1.73. The Balaban J connectivity index is 2.47. The SMILES string of the molecule is Cc1c(NC=C(C#N)C#N)cc2[nH]cnc2c1C. The van der Waals surface area contributed by atoms with E-state index in [1.165, 1.54) is 6.20 Å². The molecule has 18 heavy (non-hydrogen) atoms. The van der Waals surface area contributed by atoms with Crippen LogP contribution in [0.4, 0.5) is 5.69 Å². The summed E-state index contributed by atoms with van der Waals surface area (Å²) in [6, 6.07) is 5.52. The Labute approximate surface area is 104 Å². The van der Waals surface area contributed by atoms with E-state index in [1.54, 1.807) is 18.5 Å². The molecule has 0 aliphatic heterocycles. The van der Waals surface area contributed by atoms with Crippen LogP contribution in [0.2, 0.25) is 0 Å². The van der Waals surface area contributed by atoms with Crippen LogP contribution < -0.4 is 5.32 Å². The van der Waals surface area contributed by atoms with Gasteiger partial charge in [0.2, 0.25) is 0 Å². The average molecular weight is 237 g/mol. The molecule has 2 N–H and O–H groups in total. The van der Waals surface area contributed by atoms with E-state index in [4.69, 9.17) is 10.5 Å². The zero-order chi connectivity index (χ0) is 13.1. The van der Waals surface area contributed by atoms with Crippen LogP contribution in [0.1, 0.15) is 11.1 Å². The predicted octanol–water partition coefficient (Wildman–Crippen LogP) is 2.52. The first-order valence-electron chi connectivity index (χ1n) is 5.37. The zero-order valence-electron chi connectivity index (χ0n) is 10.1. The second-order valence-electron chi connectivity index (χ2n) is 3.90. The number of allylic oxidation sites excluding steroid dienone is 1. The Hall–Kier alpha value is -2.79. The molecule has 88 valence electrons. The van der Waals surface area contributed by atoms with Crippen molar-refractivity contribution >= 4 is 16.7 Å². The lowest BCUT2D eigenvalue weighted by atomic mass is 10.1. The lowest BCUT2D eigenvalue weighted by molar-refractivity contribution is 1.32.